The predicted octanol–water partition coefficient (Wildman–Crippen LogP) is 1.87. The van der Waals surface area contributed by atoms with E-state index in [0.29, 0.717) is 23.9 Å². The molecule has 1 aromatic heterocycles. The Balaban J connectivity index is 1.38. The van der Waals surface area contributed by atoms with Gasteiger partial charge in [0, 0.05) is 23.9 Å². The molecular formula is C16H21ClN4O. The van der Waals surface area contributed by atoms with E-state index in [1.807, 2.05) is 0 Å². The number of carbonyl (C=O) groups excluding carboxylic acids is 1. The van der Waals surface area contributed by atoms with Crippen LogP contribution in [0.3, 0.4) is 0 Å². The molecule has 2 saturated heterocycles. The van der Waals surface area contributed by atoms with E-state index in [-0.39, 0.29) is 10.7 Å². The van der Waals surface area contributed by atoms with Crippen molar-refractivity contribution in [1.82, 2.24) is 14.9 Å². The molecule has 3 heterocycles. The van der Waals surface area contributed by atoms with E-state index < -0.39 is 0 Å². The molecule has 0 aromatic carbocycles. The summed E-state index contributed by atoms with van der Waals surface area (Å²) < 4.78 is 0. The average molecular weight is 321 g/mol. The normalized spacial score (nSPS) is 32.4. The highest BCUT2D eigenvalue weighted by Crippen LogP contribution is 2.43. The molecule has 0 saturated carbocycles. The van der Waals surface area contributed by atoms with E-state index >= 15 is 0 Å². The number of carbonyl (C=O) groups is 1. The van der Waals surface area contributed by atoms with Crippen molar-refractivity contribution in [3.05, 3.63) is 16.5 Å². The number of anilines is 1. The number of nitrogens with two attached hydrogens (primary N) is 1. The van der Waals surface area contributed by atoms with Crippen molar-refractivity contribution >= 4 is 23.2 Å². The number of ketones is 1. The van der Waals surface area contributed by atoms with Gasteiger partial charge in [0.25, 0.3) is 0 Å². The summed E-state index contributed by atoms with van der Waals surface area (Å²) in [6.07, 6.45) is 5.48. The van der Waals surface area contributed by atoms with Crippen molar-refractivity contribution in [2.75, 3.05) is 25.4 Å². The average Bonchev–Trinajstić information content (AvgIpc) is 3.18. The fourth-order valence-corrected chi connectivity index (χ4v) is 4.63. The highest BCUT2D eigenvalue weighted by Gasteiger charge is 2.48. The van der Waals surface area contributed by atoms with Crippen LogP contribution in [-0.2, 0) is 17.6 Å². The highest BCUT2D eigenvalue weighted by molar-refractivity contribution is 6.28. The van der Waals surface area contributed by atoms with Crippen molar-refractivity contribution in [3.8, 4) is 0 Å². The molecule has 1 atom stereocenters. The van der Waals surface area contributed by atoms with Gasteiger partial charge in [0.2, 0.25) is 5.28 Å². The van der Waals surface area contributed by atoms with Crippen LogP contribution in [0.25, 0.3) is 0 Å². The molecule has 4 rings (SSSR count). The van der Waals surface area contributed by atoms with Gasteiger partial charge in [-0.1, -0.05) is 0 Å². The number of Topliss-reactive ketones (excluding diaryl/α,β-unsaturated/α-hetero) is 1. The molecule has 2 bridgehead atoms. The summed E-state index contributed by atoms with van der Waals surface area (Å²) in [5, 5.41) is 0.226. The molecule has 3 aliphatic rings. The largest absolute Gasteiger partial charge is 0.383 e. The topological polar surface area (TPSA) is 72.1 Å². The van der Waals surface area contributed by atoms with Crippen LogP contribution in [0.2, 0.25) is 5.28 Å². The maximum Gasteiger partial charge on any atom is 0.224 e. The van der Waals surface area contributed by atoms with Crippen molar-refractivity contribution in [3.63, 3.8) is 0 Å². The van der Waals surface area contributed by atoms with Crippen LogP contribution in [0, 0.1) is 11.3 Å². The number of halogens is 1. The van der Waals surface area contributed by atoms with E-state index in [2.05, 4.69) is 14.9 Å². The second kappa shape index (κ2) is 5.17. The lowest BCUT2D eigenvalue weighted by atomic mass is 9.78. The van der Waals surface area contributed by atoms with Gasteiger partial charge in [0.15, 0.2) is 0 Å². The molecule has 2 N–H and O–H groups in total. The lowest BCUT2D eigenvalue weighted by molar-refractivity contribution is -0.127. The molecule has 5 nitrogen and oxygen atoms in total. The smallest absolute Gasteiger partial charge is 0.224 e. The molecule has 1 aromatic rings. The number of hydrogen-bond acceptors (Lipinski definition) is 5. The van der Waals surface area contributed by atoms with Crippen LogP contribution in [0.4, 0.5) is 5.82 Å². The van der Waals surface area contributed by atoms with Gasteiger partial charge in [-0.05, 0) is 62.7 Å². The molecule has 0 amide bonds. The molecule has 1 unspecified atom stereocenters. The number of nitrogen functional groups attached to an aromatic ring is 1. The van der Waals surface area contributed by atoms with Gasteiger partial charge in [-0.2, -0.15) is 0 Å². The summed E-state index contributed by atoms with van der Waals surface area (Å²) >= 11 is 5.87. The summed E-state index contributed by atoms with van der Waals surface area (Å²) in [5.74, 6) is 1.43. The summed E-state index contributed by atoms with van der Waals surface area (Å²) in [7, 11) is 0. The van der Waals surface area contributed by atoms with E-state index in [4.69, 9.17) is 17.3 Å². The van der Waals surface area contributed by atoms with Crippen LogP contribution in [0.1, 0.15) is 36.9 Å². The predicted molar refractivity (Wildman–Crippen MR) is 84.7 cm³/mol. The van der Waals surface area contributed by atoms with Gasteiger partial charge in [-0.15, -0.1) is 0 Å². The Hall–Kier alpha value is -1.20. The number of fused-ring (bicyclic) bond motifs is 3. The third-order valence-corrected chi connectivity index (χ3v) is 5.95. The van der Waals surface area contributed by atoms with E-state index in [1.165, 1.54) is 0 Å². The van der Waals surface area contributed by atoms with Gasteiger partial charge in [-0.25, -0.2) is 9.97 Å². The van der Waals surface area contributed by atoms with Gasteiger partial charge < -0.3 is 10.6 Å². The molecule has 118 valence electrons. The molecule has 22 heavy (non-hydrogen) atoms. The Morgan fingerprint density at radius 1 is 1.32 bits per heavy atom. The van der Waals surface area contributed by atoms with Crippen LogP contribution in [0.15, 0.2) is 0 Å². The summed E-state index contributed by atoms with van der Waals surface area (Å²) in [5.41, 5.74) is 7.92. The van der Waals surface area contributed by atoms with Gasteiger partial charge in [-0.3, -0.25) is 4.79 Å². The van der Waals surface area contributed by atoms with Gasteiger partial charge in [0.05, 0.1) is 5.69 Å². The number of hydrogen-bond donors (Lipinski definition) is 1. The van der Waals surface area contributed by atoms with Crippen LogP contribution >= 0.6 is 11.6 Å². The minimum atomic E-state index is -0.0202. The Kier molecular flexibility index (Phi) is 3.38. The Bertz CT molecular complexity index is 625. The summed E-state index contributed by atoms with van der Waals surface area (Å²) in [6.45, 7) is 3.20. The van der Waals surface area contributed by atoms with E-state index in [0.717, 1.165) is 63.0 Å². The first-order valence-electron chi connectivity index (χ1n) is 8.12. The zero-order valence-electron chi connectivity index (χ0n) is 12.6. The maximum absolute atomic E-state index is 12.7. The first-order chi connectivity index (χ1) is 10.6. The number of piperidine rings is 1. The zero-order chi connectivity index (χ0) is 15.3. The highest BCUT2D eigenvalue weighted by atomic mass is 35.5. The molecule has 6 heteroatoms. The first kappa shape index (κ1) is 14.4. The zero-order valence-corrected chi connectivity index (χ0v) is 13.4. The lowest BCUT2D eigenvalue weighted by Crippen LogP contribution is -2.30. The van der Waals surface area contributed by atoms with E-state index in [1.54, 1.807) is 0 Å². The van der Waals surface area contributed by atoms with Crippen molar-refractivity contribution in [1.29, 1.82) is 0 Å². The maximum atomic E-state index is 12.7. The molecule has 0 spiro atoms. The van der Waals surface area contributed by atoms with Crippen molar-refractivity contribution < 1.29 is 4.79 Å². The third kappa shape index (κ3) is 2.31. The Labute approximate surface area is 135 Å². The lowest BCUT2D eigenvalue weighted by Gasteiger charge is -2.24. The number of rotatable bonds is 4. The molecule has 2 fully saturated rings. The fraction of sp³-hybridized carbons (Fsp3) is 0.688. The second-order valence-electron chi connectivity index (χ2n) is 7.10. The molecule has 1 aliphatic carbocycles. The third-order valence-electron chi connectivity index (χ3n) is 5.78. The molecule has 2 aliphatic heterocycles. The quantitative estimate of drug-likeness (QED) is 0.857. The Morgan fingerprint density at radius 3 is 2.77 bits per heavy atom. The van der Waals surface area contributed by atoms with E-state index in [9.17, 15) is 4.79 Å². The van der Waals surface area contributed by atoms with Crippen LogP contribution in [-0.4, -0.2) is 40.3 Å². The number of nitrogens with zero attached hydrogens (tertiary/aromatic N) is 3. The second-order valence-corrected chi connectivity index (χ2v) is 7.43. The minimum absolute atomic E-state index is 0.0202. The SMILES string of the molecule is Nc1nc(Cl)nc2c1CC(CCC(=O)C13CCN(CC1)C3)C2. The van der Waals surface area contributed by atoms with Crippen molar-refractivity contribution in [2.24, 2.45) is 11.3 Å². The minimum Gasteiger partial charge on any atom is -0.383 e. The first-order valence-corrected chi connectivity index (χ1v) is 8.50. The number of aromatic nitrogens is 2. The summed E-state index contributed by atoms with van der Waals surface area (Å²) in [6, 6.07) is 0. The standard InChI is InChI=1S/C16H21ClN4O/c17-15-19-12-8-10(7-11(12)14(18)20-15)1-2-13(22)16-3-5-21(9-16)6-4-16/h10H,1-9H2,(H2,18,19,20). The molecule has 0 radical (unpaired) electrons. The Morgan fingerprint density at radius 2 is 2.09 bits per heavy atom. The van der Waals surface area contributed by atoms with Gasteiger partial charge in [0.1, 0.15) is 11.6 Å². The summed E-state index contributed by atoms with van der Waals surface area (Å²) in [4.78, 5) is 23.4. The fourth-order valence-electron chi connectivity index (χ4n) is 4.44. The van der Waals surface area contributed by atoms with Crippen LogP contribution < -0.4 is 5.73 Å². The van der Waals surface area contributed by atoms with Gasteiger partial charge >= 0.3 is 0 Å². The molecular weight excluding hydrogens is 300 g/mol. The van der Waals surface area contributed by atoms with Crippen molar-refractivity contribution in [2.45, 2.75) is 38.5 Å². The van der Waals surface area contributed by atoms with Crippen LogP contribution in [0.5, 0.6) is 0 Å². The monoisotopic (exact) mass is 320 g/mol.